The third-order valence-corrected chi connectivity index (χ3v) is 4.91. The third kappa shape index (κ3) is 5.73. The summed E-state index contributed by atoms with van der Waals surface area (Å²) < 4.78 is 7.87. The third-order valence-electron chi connectivity index (χ3n) is 4.07. The summed E-state index contributed by atoms with van der Waals surface area (Å²) >= 11 is 7.56. The summed E-state index contributed by atoms with van der Waals surface area (Å²) in [6.45, 7) is 6.45. The molecule has 0 aliphatic carbocycles. The largest absolute Gasteiger partial charge is 0.472 e. The predicted molar refractivity (Wildman–Crippen MR) is 113 cm³/mol. The molecule has 3 rings (SSSR count). The van der Waals surface area contributed by atoms with Gasteiger partial charge in [-0.15, -0.1) is 11.8 Å². The topological polar surface area (TPSA) is 52.0 Å². The number of ether oxygens (including phenoxy) is 1. The summed E-state index contributed by atoms with van der Waals surface area (Å²) in [6.07, 6.45) is 8.68. The number of aromatic nitrogens is 3. The van der Waals surface area contributed by atoms with Crippen LogP contribution >= 0.6 is 23.4 Å². The number of hydrogen-bond acceptors (Lipinski definition) is 5. The van der Waals surface area contributed by atoms with Gasteiger partial charge in [-0.05, 0) is 37.4 Å². The van der Waals surface area contributed by atoms with E-state index in [1.807, 2.05) is 12.5 Å². The van der Waals surface area contributed by atoms with Crippen molar-refractivity contribution in [3.8, 4) is 5.88 Å². The lowest BCUT2D eigenvalue weighted by atomic mass is 10.1. The van der Waals surface area contributed by atoms with Gasteiger partial charge < -0.3 is 14.6 Å². The summed E-state index contributed by atoms with van der Waals surface area (Å²) in [5, 5.41) is 5.02. The van der Waals surface area contributed by atoms with Crippen LogP contribution in [0.15, 0.2) is 59.5 Å². The Morgan fingerprint density at radius 2 is 2.26 bits per heavy atom. The number of pyridine rings is 1. The number of aryl methyl sites for hydroxylation is 1. The van der Waals surface area contributed by atoms with Gasteiger partial charge in [-0.1, -0.05) is 24.2 Å². The molecule has 0 bridgehead atoms. The average Bonchev–Trinajstić information content (AvgIpc) is 3.18. The van der Waals surface area contributed by atoms with Crippen LogP contribution in [0.4, 0.5) is 0 Å². The van der Waals surface area contributed by atoms with Gasteiger partial charge in [0.1, 0.15) is 6.61 Å². The first-order valence-corrected chi connectivity index (χ1v) is 10.4. The fourth-order valence-electron chi connectivity index (χ4n) is 2.73. The van der Waals surface area contributed by atoms with Crippen molar-refractivity contribution in [2.45, 2.75) is 24.4 Å². The van der Waals surface area contributed by atoms with Crippen LogP contribution in [0.3, 0.4) is 0 Å². The summed E-state index contributed by atoms with van der Waals surface area (Å²) in [5.41, 5.74) is 1.93. The number of nitrogens with zero attached hydrogens (tertiary/aromatic N) is 3. The zero-order valence-electron chi connectivity index (χ0n) is 15.3. The molecule has 2 aromatic heterocycles. The lowest BCUT2D eigenvalue weighted by Crippen LogP contribution is -2.17. The van der Waals surface area contributed by atoms with E-state index in [1.165, 1.54) is 4.90 Å². The van der Waals surface area contributed by atoms with Crippen LogP contribution in [0.1, 0.15) is 12.0 Å². The second-order valence-electron chi connectivity index (χ2n) is 6.15. The van der Waals surface area contributed by atoms with E-state index >= 15 is 0 Å². The van der Waals surface area contributed by atoms with Crippen molar-refractivity contribution in [1.29, 1.82) is 0 Å². The van der Waals surface area contributed by atoms with Gasteiger partial charge in [0, 0.05) is 46.4 Å². The number of benzene rings is 1. The number of hydrogen-bond donors (Lipinski definition) is 1. The Hall–Kier alpha value is -2.02. The molecule has 7 heteroatoms. The second kappa shape index (κ2) is 9.78. The van der Waals surface area contributed by atoms with Crippen molar-refractivity contribution < 1.29 is 4.74 Å². The molecule has 0 aliphatic heterocycles. The zero-order chi connectivity index (χ0) is 19.1. The van der Waals surface area contributed by atoms with Crippen molar-refractivity contribution >= 4 is 34.3 Å². The first-order valence-electron chi connectivity index (χ1n) is 8.76. The molecule has 0 atom stereocenters. The molecule has 0 spiro atoms. The van der Waals surface area contributed by atoms with Gasteiger partial charge in [-0.3, -0.25) is 0 Å². The van der Waals surface area contributed by atoms with E-state index in [0.717, 1.165) is 36.0 Å². The highest BCUT2D eigenvalue weighted by Gasteiger charge is 2.09. The highest BCUT2D eigenvalue weighted by molar-refractivity contribution is 7.98. The number of rotatable bonds is 10. The first kappa shape index (κ1) is 19.7. The van der Waals surface area contributed by atoms with E-state index in [2.05, 4.69) is 52.0 Å². The molecular weight excluding hydrogens is 380 g/mol. The fraction of sp³-hybridized carbons (Fsp3) is 0.300. The molecule has 2 heterocycles. The molecule has 1 N–H and O–H groups in total. The van der Waals surface area contributed by atoms with E-state index in [4.69, 9.17) is 21.3 Å². The number of imidazole rings is 1. The smallest absolute Gasteiger partial charge is 0.218 e. The summed E-state index contributed by atoms with van der Waals surface area (Å²) in [5.74, 6) is 0.602. The van der Waals surface area contributed by atoms with E-state index < -0.39 is 0 Å². The molecule has 0 saturated carbocycles. The summed E-state index contributed by atoms with van der Waals surface area (Å²) in [6, 6.07) is 8.41. The van der Waals surface area contributed by atoms with Crippen molar-refractivity contribution in [1.82, 2.24) is 19.9 Å². The molecule has 0 amide bonds. The molecule has 1 aromatic carbocycles. The molecule has 0 radical (unpaired) electrons. The van der Waals surface area contributed by atoms with Gasteiger partial charge >= 0.3 is 0 Å². The van der Waals surface area contributed by atoms with Crippen LogP contribution in [0.5, 0.6) is 5.88 Å². The molecule has 142 valence electrons. The van der Waals surface area contributed by atoms with Gasteiger partial charge in [0.25, 0.3) is 0 Å². The van der Waals surface area contributed by atoms with Gasteiger partial charge in [0.2, 0.25) is 5.88 Å². The highest BCUT2D eigenvalue weighted by atomic mass is 35.5. The number of thioether (sulfide) groups is 1. The minimum Gasteiger partial charge on any atom is -0.472 e. The molecule has 0 fully saturated rings. The molecular formula is C20H23ClN4OS. The Bertz CT molecular complexity index is 898. The van der Waals surface area contributed by atoms with Crippen LogP contribution < -0.4 is 10.1 Å². The van der Waals surface area contributed by atoms with Crippen LogP contribution in [0.25, 0.3) is 10.9 Å². The Kier molecular flexibility index (Phi) is 7.15. The van der Waals surface area contributed by atoms with E-state index in [1.54, 1.807) is 18.0 Å². The minimum absolute atomic E-state index is 0.246. The van der Waals surface area contributed by atoms with Gasteiger partial charge in [0.15, 0.2) is 0 Å². The van der Waals surface area contributed by atoms with E-state index in [9.17, 15) is 0 Å². The monoisotopic (exact) mass is 402 g/mol. The molecule has 27 heavy (non-hydrogen) atoms. The zero-order valence-corrected chi connectivity index (χ0v) is 16.9. The first-order chi connectivity index (χ1) is 13.2. The lowest BCUT2D eigenvalue weighted by molar-refractivity contribution is 0.341. The van der Waals surface area contributed by atoms with Crippen molar-refractivity contribution in [2.24, 2.45) is 0 Å². The van der Waals surface area contributed by atoms with Gasteiger partial charge in [-0.25, -0.2) is 9.97 Å². The average molecular weight is 403 g/mol. The van der Waals surface area contributed by atoms with Gasteiger partial charge in [0.05, 0.1) is 11.8 Å². The predicted octanol–water partition coefficient (Wildman–Crippen LogP) is 4.46. The van der Waals surface area contributed by atoms with E-state index in [-0.39, 0.29) is 6.61 Å². The van der Waals surface area contributed by atoms with Crippen LogP contribution in [-0.4, -0.2) is 33.9 Å². The number of nitrogens with one attached hydrogen (secondary N) is 1. The van der Waals surface area contributed by atoms with Crippen LogP contribution in [0, 0.1) is 0 Å². The SMILES string of the molecule is C=C(Cl)COc1nc2cc(SC)ccc2cc1CNCCCn1ccnc1. The van der Waals surface area contributed by atoms with Crippen LogP contribution in [0.2, 0.25) is 0 Å². The molecule has 3 aromatic rings. The minimum atomic E-state index is 0.246. The van der Waals surface area contributed by atoms with Crippen molar-refractivity contribution in [3.05, 3.63) is 60.2 Å². The maximum Gasteiger partial charge on any atom is 0.218 e. The maximum atomic E-state index is 5.87. The Morgan fingerprint density at radius 3 is 3.00 bits per heavy atom. The lowest BCUT2D eigenvalue weighted by Gasteiger charge is -2.13. The highest BCUT2D eigenvalue weighted by Crippen LogP contribution is 2.26. The number of halogens is 1. The van der Waals surface area contributed by atoms with Crippen molar-refractivity contribution in [2.75, 3.05) is 19.4 Å². The fourth-order valence-corrected chi connectivity index (χ4v) is 3.22. The normalized spacial score (nSPS) is 11.0. The molecule has 0 saturated heterocycles. The standard InChI is InChI=1S/C20H23ClN4OS/c1-15(21)13-26-20-17(12-22-6-3-8-25-9-7-23-14-25)10-16-4-5-18(27-2)11-19(16)24-20/h4-5,7,9-11,14,22H,1,3,6,8,12-13H2,2H3. The van der Waals surface area contributed by atoms with Crippen LogP contribution in [-0.2, 0) is 13.1 Å². The summed E-state index contributed by atoms with van der Waals surface area (Å²) in [4.78, 5) is 9.94. The van der Waals surface area contributed by atoms with Crippen molar-refractivity contribution in [3.63, 3.8) is 0 Å². The Morgan fingerprint density at radius 1 is 1.37 bits per heavy atom. The molecule has 5 nitrogen and oxygen atoms in total. The Balaban J connectivity index is 1.68. The summed E-state index contributed by atoms with van der Waals surface area (Å²) in [7, 11) is 0. The molecule has 0 unspecified atom stereocenters. The molecule has 0 aliphatic rings. The maximum absolute atomic E-state index is 5.87. The quantitative estimate of drug-likeness (QED) is 0.400. The second-order valence-corrected chi connectivity index (χ2v) is 7.56. The van der Waals surface area contributed by atoms with Gasteiger partial charge in [-0.2, -0.15) is 0 Å². The van der Waals surface area contributed by atoms with E-state index in [0.29, 0.717) is 17.5 Å². The number of fused-ring (bicyclic) bond motifs is 1. The Labute approximate surface area is 168 Å².